The first-order chi connectivity index (χ1) is 14.7. The SMILES string of the molecule is CC[C@]1(O)C(=O)OCc2c1cc1n(c2=O)C/C(=C2\C(=O)Nc3cc(F)c(F)cc32)C1=O. The number of rotatable bonds is 1. The van der Waals surface area contributed by atoms with E-state index < -0.39 is 40.5 Å². The second kappa shape index (κ2) is 6.17. The van der Waals surface area contributed by atoms with Gasteiger partial charge in [-0.3, -0.25) is 14.4 Å². The van der Waals surface area contributed by atoms with Crippen molar-refractivity contribution in [3.63, 3.8) is 0 Å². The standard InChI is InChI=1S/C21H14F2N2O6/c1-2-21(30)11-4-15-17(26)9(6-25(15)19(28)10(11)7-31-20(21)29)16-8-3-12(22)13(23)5-14(8)24-18(16)27/h3-5,30H,2,6-7H2,1H3,(H,24,27)/b16-9+/t21-/m1/s1. The van der Waals surface area contributed by atoms with Gasteiger partial charge in [0, 0.05) is 22.8 Å². The van der Waals surface area contributed by atoms with Crippen molar-refractivity contribution in [2.75, 3.05) is 5.32 Å². The van der Waals surface area contributed by atoms with Gasteiger partial charge in [0.25, 0.3) is 11.5 Å². The molecule has 0 unspecified atom stereocenters. The number of aromatic nitrogens is 1. The average molecular weight is 428 g/mol. The fourth-order valence-corrected chi connectivity index (χ4v) is 4.29. The van der Waals surface area contributed by atoms with Gasteiger partial charge in [0.1, 0.15) is 6.61 Å². The van der Waals surface area contributed by atoms with Crippen LogP contribution in [0.4, 0.5) is 14.5 Å². The number of hydrogen-bond acceptors (Lipinski definition) is 6. The van der Waals surface area contributed by atoms with Gasteiger partial charge in [-0.1, -0.05) is 6.92 Å². The van der Waals surface area contributed by atoms with Gasteiger partial charge in [0.2, 0.25) is 5.78 Å². The van der Waals surface area contributed by atoms with Crippen molar-refractivity contribution in [1.82, 2.24) is 4.57 Å². The molecule has 1 aromatic carbocycles. The molecule has 0 bridgehead atoms. The van der Waals surface area contributed by atoms with Gasteiger partial charge in [-0.05, 0) is 18.6 Å². The third-order valence-electron chi connectivity index (χ3n) is 5.97. The summed E-state index contributed by atoms with van der Waals surface area (Å²) in [7, 11) is 0. The van der Waals surface area contributed by atoms with Crippen LogP contribution in [0.15, 0.2) is 28.6 Å². The number of allylic oxidation sites excluding steroid dienone is 1. The van der Waals surface area contributed by atoms with Gasteiger partial charge in [0.05, 0.1) is 29.1 Å². The Kier molecular flexibility index (Phi) is 3.85. The minimum Gasteiger partial charge on any atom is -0.458 e. The Morgan fingerprint density at radius 2 is 1.87 bits per heavy atom. The molecule has 3 aliphatic rings. The monoisotopic (exact) mass is 428 g/mol. The number of anilines is 1. The van der Waals surface area contributed by atoms with Gasteiger partial charge in [-0.2, -0.15) is 0 Å². The van der Waals surface area contributed by atoms with E-state index in [-0.39, 0.29) is 58.8 Å². The molecule has 0 saturated carbocycles. The number of fused-ring (bicyclic) bond motifs is 3. The molecule has 0 saturated heterocycles. The number of ether oxygens (including phenoxy) is 1. The molecule has 0 aliphatic carbocycles. The van der Waals surface area contributed by atoms with Crippen molar-refractivity contribution < 1.29 is 33.0 Å². The zero-order valence-electron chi connectivity index (χ0n) is 16.0. The molecule has 31 heavy (non-hydrogen) atoms. The smallest absolute Gasteiger partial charge is 0.343 e. The average Bonchev–Trinajstić information content (AvgIpc) is 3.22. The number of benzene rings is 1. The Hall–Kier alpha value is -3.66. The molecule has 5 rings (SSSR count). The Bertz CT molecular complexity index is 1340. The summed E-state index contributed by atoms with van der Waals surface area (Å²) in [6.07, 6.45) is -0.0789. The van der Waals surface area contributed by atoms with Crippen LogP contribution in [0.3, 0.4) is 0 Å². The lowest BCUT2D eigenvalue weighted by molar-refractivity contribution is -0.172. The largest absolute Gasteiger partial charge is 0.458 e. The molecule has 0 spiro atoms. The maximum atomic E-state index is 13.8. The third kappa shape index (κ3) is 2.42. The molecule has 2 N–H and O–H groups in total. The summed E-state index contributed by atoms with van der Waals surface area (Å²) in [5.74, 6) is -4.67. The van der Waals surface area contributed by atoms with Crippen molar-refractivity contribution in [3.8, 4) is 0 Å². The fourth-order valence-electron chi connectivity index (χ4n) is 4.29. The number of carbonyl (C=O) groups excluding carboxylic acids is 3. The van der Waals surface area contributed by atoms with E-state index in [1.165, 1.54) is 13.0 Å². The Balaban J connectivity index is 1.72. The fraction of sp³-hybridized carbons (Fsp3) is 0.238. The summed E-state index contributed by atoms with van der Waals surface area (Å²) in [6, 6.07) is 2.89. The molecule has 0 radical (unpaired) electrons. The summed E-state index contributed by atoms with van der Waals surface area (Å²) < 4.78 is 33.4. The van der Waals surface area contributed by atoms with Gasteiger partial charge in [-0.15, -0.1) is 0 Å². The first-order valence-corrected chi connectivity index (χ1v) is 9.42. The first kappa shape index (κ1) is 19.3. The Morgan fingerprint density at radius 1 is 1.16 bits per heavy atom. The van der Waals surface area contributed by atoms with E-state index in [1.54, 1.807) is 0 Å². The van der Waals surface area contributed by atoms with Crippen molar-refractivity contribution in [2.24, 2.45) is 0 Å². The number of Topliss-reactive ketones (excluding diaryl/α,β-unsaturated/α-hetero) is 1. The molecule has 4 heterocycles. The minimum atomic E-state index is -2.07. The molecule has 10 heteroatoms. The number of cyclic esters (lactones) is 1. The number of halogens is 2. The van der Waals surface area contributed by atoms with E-state index in [2.05, 4.69) is 5.32 Å². The van der Waals surface area contributed by atoms with Gasteiger partial charge < -0.3 is 19.7 Å². The van der Waals surface area contributed by atoms with E-state index in [0.29, 0.717) is 0 Å². The maximum absolute atomic E-state index is 13.8. The molecular formula is C21H14F2N2O6. The number of hydrogen-bond donors (Lipinski definition) is 2. The summed E-state index contributed by atoms with van der Waals surface area (Å²) in [4.78, 5) is 50.8. The topological polar surface area (TPSA) is 115 Å². The number of nitrogens with zero attached hydrogens (tertiary/aromatic N) is 1. The molecule has 0 fully saturated rings. The lowest BCUT2D eigenvalue weighted by atomic mass is 9.86. The lowest BCUT2D eigenvalue weighted by Gasteiger charge is -2.31. The van der Waals surface area contributed by atoms with Crippen LogP contribution in [-0.2, 0) is 33.1 Å². The zero-order valence-corrected chi connectivity index (χ0v) is 16.0. The van der Waals surface area contributed by atoms with Crippen molar-refractivity contribution >= 4 is 28.9 Å². The molecular weight excluding hydrogens is 414 g/mol. The highest BCUT2D eigenvalue weighted by Crippen LogP contribution is 2.39. The van der Waals surface area contributed by atoms with E-state index in [4.69, 9.17) is 4.74 Å². The molecule has 158 valence electrons. The lowest BCUT2D eigenvalue weighted by Crippen LogP contribution is -2.44. The van der Waals surface area contributed by atoms with E-state index in [0.717, 1.165) is 16.7 Å². The quantitative estimate of drug-likeness (QED) is 0.524. The summed E-state index contributed by atoms with van der Waals surface area (Å²) in [6.45, 7) is 0.896. The van der Waals surface area contributed by atoms with Gasteiger partial charge >= 0.3 is 5.97 Å². The highest BCUT2D eigenvalue weighted by atomic mass is 19.2. The number of amides is 1. The summed E-state index contributed by atoms with van der Waals surface area (Å²) in [5, 5.41) is 13.2. The van der Waals surface area contributed by atoms with Crippen LogP contribution in [-0.4, -0.2) is 27.3 Å². The number of aliphatic hydroxyl groups is 1. The van der Waals surface area contributed by atoms with Crippen molar-refractivity contribution in [2.45, 2.75) is 32.1 Å². The number of ketones is 1. The Morgan fingerprint density at radius 3 is 2.58 bits per heavy atom. The van der Waals surface area contributed by atoms with Crippen LogP contribution in [0.1, 0.15) is 40.5 Å². The highest BCUT2D eigenvalue weighted by molar-refractivity contribution is 6.37. The molecule has 1 amide bonds. The van der Waals surface area contributed by atoms with E-state index in [1.807, 2.05) is 0 Å². The van der Waals surface area contributed by atoms with Crippen molar-refractivity contribution in [1.29, 1.82) is 0 Å². The number of nitrogens with one attached hydrogen (secondary N) is 1. The van der Waals surface area contributed by atoms with Crippen LogP contribution in [0.5, 0.6) is 0 Å². The Labute approximate surface area is 172 Å². The molecule has 1 atom stereocenters. The number of carbonyl (C=O) groups is 3. The zero-order chi connectivity index (χ0) is 22.2. The predicted molar refractivity (Wildman–Crippen MR) is 101 cm³/mol. The predicted octanol–water partition coefficient (Wildman–Crippen LogP) is 1.38. The van der Waals surface area contributed by atoms with E-state index in [9.17, 15) is 33.1 Å². The molecule has 2 aromatic rings. The first-order valence-electron chi connectivity index (χ1n) is 9.42. The summed E-state index contributed by atoms with van der Waals surface area (Å²) >= 11 is 0. The second-order valence-corrected chi connectivity index (χ2v) is 7.55. The van der Waals surface area contributed by atoms with Crippen LogP contribution in [0.2, 0.25) is 0 Å². The molecule has 3 aliphatic heterocycles. The summed E-state index contributed by atoms with van der Waals surface area (Å²) in [5.41, 5.74) is -3.00. The maximum Gasteiger partial charge on any atom is 0.343 e. The van der Waals surface area contributed by atoms with Crippen LogP contribution in [0.25, 0.3) is 5.57 Å². The molecule has 1 aromatic heterocycles. The third-order valence-corrected chi connectivity index (χ3v) is 5.97. The highest BCUT2D eigenvalue weighted by Gasteiger charge is 2.46. The number of esters is 1. The second-order valence-electron chi connectivity index (χ2n) is 7.55. The normalized spacial score (nSPS) is 23.9. The van der Waals surface area contributed by atoms with Gasteiger partial charge in [0.15, 0.2) is 17.2 Å². The number of pyridine rings is 1. The van der Waals surface area contributed by atoms with Gasteiger partial charge in [-0.25, -0.2) is 13.6 Å². The minimum absolute atomic E-state index is 0.00788. The molecule has 8 nitrogen and oxygen atoms in total. The van der Waals surface area contributed by atoms with Crippen molar-refractivity contribution in [3.05, 3.63) is 68.1 Å². The van der Waals surface area contributed by atoms with Crippen LogP contribution in [0, 0.1) is 11.6 Å². The van der Waals surface area contributed by atoms with E-state index >= 15 is 0 Å². The van der Waals surface area contributed by atoms with Crippen LogP contribution >= 0.6 is 0 Å². The van der Waals surface area contributed by atoms with Crippen LogP contribution < -0.4 is 10.9 Å².